The second-order valence-electron chi connectivity index (χ2n) is 5.46. The summed E-state index contributed by atoms with van der Waals surface area (Å²) in [6.07, 6.45) is 12.2. The van der Waals surface area contributed by atoms with Crippen LogP contribution in [0.2, 0.25) is 0 Å². The molecule has 3 heterocycles. The zero-order valence-corrected chi connectivity index (χ0v) is 11.8. The minimum absolute atomic E-state index is 0.537. The van der Waals surface area contributed by atoms with Gasteiger partial charge in [-0.15, -0.1) is 0 Å². The highest BCUT2D eigenvalue weighted by atomic mass is 32.2. The van der Waals surface area contributed by atoms with E-state index < -0.39 is 0 Å². The Labute approximate surface area is 114 Å². The first-order valence-corrected chi connectivity index (χ1v) is 8.33. The third kappa shape index (κ3) is 2.91. The van der Waals surface area contributed by atoms with Crippen molar-refractivity contribution in [3.05, 3.63) is 18.2 Å². The van der Waals surface area contributed by atoms with Gasteiger partial charge in [-0.1, -0.05) is 12.8 Å². The van der Waals surface area contributed by atoms with Crippen molar-refractivity contribution in [3.8, 4) is 0 Å². The minimum atomic E-state index is 0.537. The van der Waals surface area contributed by atoms with Crippen LogP contribution >= 0.6 is 11.8 Å². The molecule has 3 rings (SSSR count). The lowest BCUT2D eigenvalue weighted by Crippen LogP contribution is -2.29. The van der Waals surface area contributed by atoms with Crippen molar-refractivity contribution in [3.63, 3.8) is 0 Å². The summed E-state index contributed by atoms with van der Waals surface area (Å²) in [7, 11) is 0. The maximum atomic E-state index is 4.38. The van der Waals surface area contributed by atoms with Gasteiger partial charge in [0.25, 0.3) is 0 Å². The number of piperidine rings is 1. The molecule has 3 nitrogen and oxygen atoms in total. The van der Waals surface area contributed by atoms with Crippen LogP contribution in [-0.4, -0.2) is 27.1 Å². The van der Waals surface area contributed by atoms with Crippen molar-refractivity contribution < 1.29 is 0 Å². The van der Waals surface area contributed by atoms with Crippen LogP contribution in [0.15, 0.2) is 12.5 Å². The second-order valence-corrected chi connectivity index (χ2v) is 6.87. The van der Waals surface area contributed by atoms with E-state index in [1.54, 1.807) is 0 Å². The molecule has 0 radical (unpaired) electrons. The average Bonchev–Trinajstić information content (AvgIpc) is 2.89. The van der Waals surface area contributed by atoms with E-state index in [-0.39, 0.29) is 0 Å². The Balaban J connectivity index is 1.66. The minimum Gasteiger partial charge on any atom is -0.332 e. The molecule has 1 aromatic heterocycles. The maximum absolute atomic E-state index is 4.38. The topological polar surface area (TPSA) is 29.9 Å². The third-order valence-electron chi connectivity index (χ3n) is 4.09. The molecule has 2 unspecified atom stereocenters. The lowest BCUT2D eigenvalue weighted by atomic mass is 10.0. The van der Waals surface area contributed by atoms with Gasteiger partial charge in [-0.05, 0) is 38.0 Å². The Bertz CT molecular complexity index is 365. The molecule has 0 bridgehead atoms. The summed E-state index contributed by atoms with van der Waals surface area (Å²) in [6.45, 7) is 2.31. The molecule has 0 aliphatic carbocycles. The van der Waals surface area contributed by atoms with Crippen LogP contribution in [0.4, 0.5) is 0 Å². The number of aromatic nitrogens is 2. The van der Waals surface area contributed by atoms with Crippen LogP contribution in [-0.2, 0) is 6.54 Å². The molecular formula is C14H23N3S. The van der Waals surface area contributed by atoms with E-state index in [0.29, 0.717) is 6.04 Å². The first-order valence-electron chi connectivity index (χ1n) is 7.28. The van der Waals surface area contributed by atoms with Gasteiger partial charge in [0.15, 0.2) is 0 Å². The van der Waals surface area contributed by atoms with Crippen LogP contribution in [0.3, 0.4) is 0 Å². The van der Waals surface area contributed by atoms with E-state index in [0.717, 1.165) is 18.3 Å². The van der Waals surface area contributed by atoms with Crippen LogP contribution in [0.5, 0.6) is 0 Å². The van der Waals surface area contributed by atoms with Crippen molar-refractivity contribution in [1.29, 1.82) is 0 Å². The van der Waals surface area contributed by atoms with E-state index in [1.807, 2.05) is 6.33 Å². The van der Waals surface area contributed by atoms with Gasteiger partial charge in [0, 0.05) is 24.0 Å². The molecule has 18 heavy (non-hydrogen) atoms. The molecule has 2 aliphatic heterocycles. The zero-order chi connectivity index (χ0) is 12.2. The first kappa shape index (κ1) is 12.5. The Hall–Kier alpha value is -0.480. The van der Waals surface area contributed by atoms with Crippen LogP contribution in [0.25, 0.3) is 0 Å². The smallest absolute Gasteiger partial charge is 0.0949 e. The summed E-state index contributed by atoms with van der Waals surface area (Å²) in [4.78, 5) is 4.38. The van der Waals surface area contributed by atoms with Gasteiger partial charge < -0.3 is 9.88 Å². The van der Waals surface area contributed by atoms with Gasteiger partial charge in [-0.25, -0.2) is 4.98 Å². The molecule has 100 valence electrons. The zero-order valence-electron chi connectivity index (χ0n) is 11.0. The lowest BCUT2D eigenvalue weighted by molar-refractivity contribution is 0.391. The molecule has 2 saturated heterocycles. The van der Waals surface area contributed by atoms with Crippen LogP contribution in [0, 0.1) is 0 Å². The molecule has 0 aromatic carbocycles. The summed E-state index contributed by atoms with van der Waals surface area (Å²) < 4.78 is 2.39. The van der Waals surface area contributed by atoms with Crippen LogP contribution < -0.4 is 5.32 Å². The SMILES string of the molecule is c1ncn(CC2CCCCS2)c1C1CCCCN1. The maximum Gasteiger partial charge on any atom is 0.0949 e. The van der Waals surface area contributed by atoms with Gasteiger partial charge in [-0.3, -0.25) is 0 Å². The van der Waals surface area contributed by atoms with E-state index >= 15 is 0 Å². The quantitative estimate of drug-likeness (QED) is 0.911. The normalized spacial score (nSPS) is 29.3. The number of nitrogens with one attached hydrogen (secondary N) is 1. The number of thioether (sulfide) groups is 1. The fraction of sp³-hybridized carbons (Fsp3) is 0.786. The predicted octanol–water partition coefficient (Wildman–Crippen LogP) is 2.98. The lowest BCUT2D eigenvalue weighted by Gasteiger charge is -2.27. The average molecular weight is 265 g/mol. The largest absolute Gasteiger partial charge is 0.332 e. The number of imidazole rings is 1. The highest BCUT2D eigenvalue weighted by molar-refractivity contribution is 7.99. The first-order chi connectivity index (χ1) is 8.93. The predicted molar refractivity (Wildman–Crippen MR) is 76.9 cm³/mol. The van der Waals surface area contributed by atoms with Gasteiger partial charge in [0.1, 0.15) is 0 Å². The molecule has 1 N–H and O–H groups in total. The van der Waals surface area contributed by atoms with Crippen molar-refractivity contribution in [2.75, 3.05) is 12.3 Å². The molecule has 2 atom stereocenters. The summed E-state index contributed by atoms with van der Waals surface area (Å²) in [5, 5.41) is 4.43. The number of nitrogens with zero attached hydrogens (tertiary/aromatic N) is 2. The summed E-state index contributed by atoms with van der Waals surface area (Å²) in [5.41, 5.74) is 1.40. The van der Waals surface area contributed by atoms with E-state index in [4.69, 9.17) is 0 Å². The number of hydrogen-bond acceptors (Lipinski definition) is 3. The van der Waals surface area contributed by atoms with Crippen molar-refractivity contribution >= 4 is 11.8 Å². The highest BCUT2D eigenvalue weighted by Crippen LogP contribution is 2.28. The molecule has 4 heteroatoms. The Morgan fingerprint density at radius 1 is 1.28 bits per heavy atom. The van der Waals surface area contributed by atoms with E-state index in [2.05, 4.69) is 32.8 Å². The number of rotatable bonds is 3. The Morgan fingerprint density at radius 2 is 2.22 bits per heavy atom. The van der Waals surface area contributed by atoms with Crippen molar-refractivity contribution in [1.82, 2.24) is 14.9 Å². The fourth-order valence-electron chi connectivity index (χ4n) is 3.05. The molecular weight excluding hydrogens is 242 g/mol. The molecule has 0 amide bonds. The van der Waals surface area contributed by atoms with Crippen molar-refractivity contribution in [2.24, 2.45) is 0 Å². The van der Waals surface area contributed by atoms with Crippen molar-refractivity contribution in [2.45, 2.75) is 56.4 Å². The summed E-state index contributed by atoms with van der Waals surface area (Å²) in [6, 6.07) is 0.537. The Morgan fingerprint density at radius 3 is 3.00 bits per heavy atom. The van der Waals surface area contributed by atoms with Crippen LogP contribution in [0.1, 0.15) is 50.3 Å². The number of hydrogen-bond donors (Lipinski definition) is 1. The van der Waals surface area contributed by atoms with E-state index in [9.17, 15) is 0 Å². The van der Waals surface area contributed by atoms with Gasteiger partial charge in [0.05, 0.1) is 12.0 Å². The molecule has 0 spiro atoms. The van der Waals surface area contributed by atoms with Gasteiger partial charge >= 0.3 is 0 Å². The molecule has 2 fully saturated rings. The Kier molecular flexibility index (Phi) is 4.26. The highest BCUT2D eigenvalue weighted by Gasteiger charge is 2.21. The van der Waals surface area contributed by atoms with E-state index in [1.165, 1.54) is 50.0 Å². The summed E-state index contributed by atoms with van der Waals surface area (Å²) >= 11 is 2.15. The molecule has 2 aliphatic rings. The second kappa shape index (κ2) is 6.11. The standard InChI is InChI=1S/C14H23N3S/c1-3-7-16-13(6-1)14-9-15-11-17(14)10-12-5-2-4-8-18-12/h9,11-13,16H,1-8,10H2. The van der Waals surface area contributed by atoms with Gasteiger partial charge in [0.2, 0.25) is 0 Å². The molecule has 1 aromatic rings. The monoisotopic (exact) mass is 265 g/mol. The molecule has 0 saturated carbocycles. The summed E-state index contributed by atoms with van der Waals surface area (Å²) in [5.74, 6) is 1.34. The van der Waals surface area contributed by atoms with Gasteiger partial charge in [-0.2, -0.15) is 11.8 Å². The third-order valence-corrected chi connectivity index (χ3v) is 5.47. The fourth-order valence-corrected chi connectivity index (χ4v) is 4.35.